The van der Waals surface area contributed by atoms with Gasteiger partial charge in [-0.3, -0.25) is 0 Å². The van der Waals surface area contributed by atoms with Crippen molar-refractivity contribution in [3.63, 3.8) is 0 Å². The van der Waals surface area contributed by atoms with E-state index in [1.165, 1.54) is 6.20 Å². The van der Waals surface area contributed by atoms with Crippen molar-refractivity contribution in [3.05, 3.63) is 28.7 Å². The lowest BCUT2D eigenvalue weighted by Crippen LogP contribution is -1.97. The van der Waals surface area contributed by atoms with Gasteiger partial charge in [0.2, 0.25) is 0 Å². The van der Waals surface area contributed by atoms with Crippen molar-refractivity contribution in [2.24, 2.45) is 0 Å². The zero-order valence-corrected chi connectivity index (χ0v) is 9.58. The largest absolute Gasteiger partial charge is 0.491 e. The maximum Gasteiger partial charge on any atom is 0.192 e. The molecule has 78 valence electrons. The maximum absolute atomic E-state index is 13.7. The molecular formula is C10H8BrFN2O. The Bertz CT molecular complexity index is 504. The monoisotopic (exact) mass is 270 g/mol. The van der Waals surface area contributed by atoms with Gasteiger partial charge < -0.3 is 4.74 Å². The molecule has 0 spiro atoms. The van der Waals surface area contributed by atoms with Gasteiger partial charge in [0.25, 0.3) is 0 Å². The van der Waals surface area contributed by atoms with Crippen LogP contribution in [0.4, 0.5) is 4.39 Å². The first-order chi connectivity index (χ1) is 7.22. The van der Waals surface area contributed by atoms with Crippen LogP contribution in [-0.4, -0.2) is 16.6 Å². The Morgan fingerprint density at radius 2 is 2.27 bits per heavy atom. The SMILES string of the molecule is CCOc1ccc2nc(Br)cnc2c1F. The second-order valence-electron chi connectivity index (χ2n) is 2.87. The smallest absolute Gasteiger partial charge is 0.192 e. The molecule has 0 aliphatic carbocycles. The van der Waals surface area contributed by atoms with E-state index in [-0.39, 0.29) is 11.3 Å². The number of hydrogen-bond donors (Lipinski definition) is 0. The molecule has 0 radical (unpaired) electrons. The third-order valence-electron chi connectivity index (χ3n) is 1.89. The van der Waals surface area contributed by atoms with E-state index < -0.39 is 5.82 Å². The number of ether oxygens (including phenoxy) is 1. The summed E-state index contributed by atoms with van der Waals surface area (Å²) in [5.74, 6) is -0.254. The van der Waals surface area contributed by atoms with E-state index in [0.29, 0.717) is 16.7 Å². The third kappa shape index (κ3) is 1.92. The van der Waals surface area contributed by atoms with E-state index in [1.807, 2.05) is 0 Å². The van der Waals surface area contributed by atoms with Crippen LogP contribution in [0.1, 0.15) is 6.92 Å². The molecule has 2 aromatic rings. The van der Waals surface area contributed by atoms with Gasteiger partial charge in [0.15, 0.2) is 11.6 Å². The minimum absolute atomic E-state index is 0.210. The Labute approximate surface area is 94.4 Å². The lowest BCUT2D eigenvalue weighted by Gasteiger charge is -2.05. The van der Waals surface area contributed by atoms with Crippen molar-refractivity contribution in [1.82, 2.24) is 9.97 Å². The van der Waals surface area contributed by atoms with Crippen molar-refractivity contribution >= 4 is 27.0 Å². The van der Waals surface area contributed by atoms with Crippen LogP contribution >= 0.6 is 15.9 Å². The highest BCUT2D eigenvalue weighted by atomic mass is 79.9. The van der Waals surface area contributed by atoms with E-state index in [0.717, 1.165) is 0 Å². The van der Waals surface area contributed by atoms with Crippen molar-refractivity contribution < 1.29 is 9.13 Å². The van der Waals surface area contributed by atoms with Gasteiger partial charge in [-0.25, -0.2) is 14.4 Å². The average molecular weight is 271 g/mol. The van der Waals surface area contributed by atoms with Gasteiger partial charge in [-0.05, 0) is 35.0 Å². The number of nitrogens with zero attached hydrogens (tertiary/aromatic N) is 2. The van der Waals surface area contributed by atoms with Crippen molar-refractivity contribution in [2.75, 3.05) is 6.61 Å². The molecule has 0 N–H and O–H groups in total. The molecule has 1 heterocycles. The molecule has 0 bridgehead atoms. The molecular weight excluding hydrogens is 263 g/mol. The Kier molecular flexibility index (Phi) is 2.81. The van der Waals surface area contributed by atoms with E-state index in [4.69, 9.17) is 4.74 Å². The lowest BCUT2D eigenvalue weighted by atomic mass is 10.2. The molecule has 1 aromatic carbocycles. The third-order valence-corrected chi connectivity index (χ3v) is 2.27. The lowest BCUT2D eigenvalue weighted by molar-refractivity contribution is 0.323. The van der Waals surface area contributed by atoms with Gasteiger partial charge in [0.05, 0.1) is 18.3 Å². The first-order valence-corrected chi connectivity index (χ1v) is 5.25. The van der Waals surface area contributed by atoms with Gasteiger partial charge in [0.1, 0.15) is 10.1 Å². The Morgan fingerprint density at radius 1 is 1.47 bits per heavy atom. The predicted octanol–water partition coefficient (Wildman–Crippen LogP) is 2.93. The highest BCUT2D eigenvalue weighted by molar-refractivity contribution is 9.10. The topological polar surface area (TPSA) is 35.0 Å². The van der Waals surface area contributed by atoms with Gasteiger partial charge >= 0.3 is 0 Å². The Balaban J connectivity index is 2.63. The number of rotatable bonds is 2. The summed E-state index contributed by atoms with van der Waals surface area (Å²) in [6.45, 7) is 2.23. The van der Waals surface area contributed by atoms with Crippen molar-refractivity contribution in [1.29, 1.82) is 0 Å². The van der Waals surface area contributed by atoms with Crippen LogP contribution in [0.5, 0.6) is 5.75 Å². The second kappa shape index (κ2) is 4.10. The molecule has 3 nitrogen and oxygen atoms in total. The summed E-state index contributed by atoms with van der Waals surface area (Å²) in [6.07, 6.45) is 1.46. The van der Waals surface area contributed by atoms with Gasteiger partial charge in [-0.2, -0.15) is 0 Å². The zero-order valence-electron chi connectivity index (χ0n) is 8.00. The summed E-state index contributed by atoms with van der Waals surface area (Å²) >= 11 is 3.18. The molecule has 0 saturated heterocycles. The molecule has 1 aromatic heterocycles. The molecule has 0 fully saturated rings. The van der Waals surface area contributed by atoms with Crippen molar-refractivity contribution in [3.8, 4) is 5.75 Å². The molecule has 15 heavy (non-hydrogen) atoms. The molecule has 2 rings (SSSR count). The fraction of sp³-hybridized carbons (Fsp3) is 0.200. The highest BCUT2D eigenvalue weighted by Gasteiger charge is 2.10. The molecule has 0 unspecified atom stereocenters. The second-order valence-corrected chi connectivity index (χ2v) is 3.68. The zero-order chi connectivity index (χ0) is 10.8. The normalized spacial score (nSPS) is 10.6. The van der Waals surface area contributed by atoms with Gasteiger partial charge in [-0.1, -0.05) is 0 Å². The highest BCUT2D eigenvalue weighted by Crippen LogP contribution is 2.24. The molecule has 5 heteroatoms. The van der Waals surface area contributed by atoms with Gasteiger partial charge in [0, 0.05) is 0 Å². The molecule has 0 saturated carbocycles. The van der Waals surface area contributed by atoms with Crippen LogP contribution in [0.25, 0.3) is 11.0 Å². The summed E-state index contributed by atoms with van der Waals surface area (Å²) in [6, 6.07) is 3.24. The van der Waals surface area contributed by atoms with E-state index in [2.05, 4.69) is 25.9 Å². The van der Waals surface area contributed by atoms with Crippen LogP contribution < -0.4 is 4.74 Å². The van der Waals surface area contributed by atoms with Crippen LogP contribution in [0.15, 0.2) is 22.9 Å². The first-order valence-electron chi connectivity index (χ1n) is 4.46. The van der Waals surface area contributed by atoms with Crippen LogP contribution in [0.2, 0.25) is 0 Å². The van der Waals surface area contributed by atoms with E-state index in [9.17, 15) is 4.39 Å². The number of aromatic nitrogens is 2. The predicted molar refractivity (Wildman–Crippen MR) is 58.4 cm³/mol. The average Bonchev–Trinajstić information content (AvgIpc) is 2.22. The van der Waals surface area contributed by atoms with E-state index >= 15 is 0 Å². The molecule has 0 aliphatic heterocycles. The van der Waals surface area contributed by atoms with Crippen LogP contribution in [0.3, 0.4) is 0 Å². The number of benzene rings is 1. The summed E-state index contributed by atoms with van der Waals surface area (Å²) < 4.78 is 19.4. The maximum atomic E-state index is 13.7. The van der Waals surface area contributed by atoms with Crippen molar-refractivity contribution in [2.45, 2.75) is 6.92 Å². The summed E-state index contributed by atoms with van der Waals surface area (Å²) in [4.78, 5) is 8.06. The molecule has 0 aliphatic rings. The van der Waals surface area contributed by atoms with Gasteiger partial charge in [-0.15, -0.1) is 0 Å². The fourth-order valence-corrected chi connectivity index (χ4v) is 1.57. The minimum Gasteiger partial charge on any atom is -0.491 e. The van der Waals surface area contributed by atoms with Crippen LogP contribution in [0, 0.1) is 5.82 Å². The number of hydrogen-bond acceptors (Lipinski definition) is 3. The molecule has 0 amide bonds. The summed E-state index contributed by atoms with van der Waals surface area (Å²) in [5, 5.41) is 0. The summed E-state index contributed by atoms with van der Waals surface area (Å²) in [5.41, 5.74) is 0.731. The van der Waals surface area contributed by atoms with E-state index in [1.54, 1.807) is 19.1 Å². The first kappa shape index (κ1) is 10.3. The van der Waals surface area contributed by atoms with Crippen LogP contribution in [-0.2, 0) is 0 Å². The quantitative estimate of drug-likeness (QED) is 0.842. The minimum atomic E-state index is -0.464. The summed E-state index contributed by atoms with van der Waals surface area (Å²) in [7, 11) is 0. The Morgan fingerprint density at radius 3 is 3.00 bits per heavy atom. The number of halogens is 2. The fourth-order valence-electron chi connectivity index (χ4n) is 1.28. The standard InChI is InChI=1S/C10H8BrFN2O/c1-2-15-7-4-3-6-10(9(7)12)13-5-8(11)14-6/h3-5H,2H2,1H3. The number of fused-ring (bicyclic) bond motifs is 1. The molecule has 0 atom stereocenters. The Hall–Kier alpha value is -1.23.